The van der Waals surface area contributed by atoms with E-state index in [0.29, 0.717) is 34.2 Å². The number of carbonyl (C=O) groups is 12. The summed E-state index contributed by atoms with van der Waals surface area (Å²) in [6.45, 7) is -1.91. The molecule has 5 amide bonds. The average Bonchev–Trinajstić information content (AvgIpc) is 1.68. The molecule has 0 spiro atoms. The van der Waals surface area contributed by atoms with Gasteiger partial charge >= 0.3 is 41.8 Å². The summed E-state index contributed by atoms with van der Waals surface area (Å²) in [5.41, 5.74) is 3.07. The van der Waals surface area contributed by atoms with E-state index in [9.17, 15) is 88.2 Å². The summed E-state index contributed by atoms with van der Waals surface area (Å²) in [4.78, 5) is 148. The second-order valence-electron chi connectivity index (χ2n) is 21.0. The molecule has 0 aliphatic heterocycles. The second kappa shape index (κ2) is 38.2. The lowest BCUT2D eigenvalue weighted by atomic mass is 9.94. The molecule has 0 heterocycles. The van der Waals surface area contributed by atoms with Crippen LogP contribution in [-0.4, -0.2) is 187 Å². The van der Waals surface area contributed by atoms with E-state index in [1.807, 2.05) is 0 Å². The topological polar surface area (TPSA) is 452 Å². The summed E-state index contributed by atoms with van der Waals surface area (Å²) in [7, 11) is 0. The van der Waals surface area contributed by atoms with Gasteiger partial charge < -0.3 is 76.9 Å². The maximum absolute atomic E-state index is 13.4. The van der Waals surface area contributed by atoms with Crippen molar-refractivity contribution in [3.63, 3.8) is 0 Å². The molecule has 0 saturated heterocycles. The smallest absolute Gasteiger partial charge is 0.326 e. The highest BCUT2D eigenvalue weighted by Gasteiger charge is 2.26. The van der Waals surface area contributed by atoms with Gasteiger partial charge in [0.15, 0.2) is 18.6 Å². The highest BCUT2D eigenvalue weighted by Crippen LogP contribution is 2.24. The van der Waals surface area contributed by atoms with Crippen LogP contribution < -0.4 is 31.3 Å². The molecule has 486 valence electrons. The molecule has 0 saturated carbocycles. The first kappa shape index (κ1) is 72.3. The van der Waals surface area contributed by atoms with E-state index in [2.05, 4.69) is 26.6 Å². The Kier molecular flexibility index (Phi) is 30.7. The van der Waals surface area contributed by atoms with E-state index >= 15 is 0 Å². The third kappa shape index (κ3) is 28.6. The number of Topliss-reactive ketones (excluding diaryl/α,β-unsaturated/α-hetero) is 1. The predicted octanol–water partition coefficient (Wildman–Crippen LogP) is 2.05. The van der Waals surface area contributed by atoms with Gasteiger partial charge in [-0.05, 0) is 85.0 Å². The van der Waals surface area contributed by atoms with Crippen molar-refractivity contribution in [3.05, 3.63) is 124 Å². The van der Waals surface area contributed by atoms with Crippen LogP contribution in [0.2, 0.25) is 0 Å². The van der Waals surface area contributed by atoms with Crippen LogP contribution in [-0.2, 0) is 96.2 Å². The van der Waals surface area contributed by atoms with Crippen molar-refractivity contribution in [2.45, 2.75) is 108 Å². The van der Waals surface area contributed by atoms with Gasteiger partial charge in [0.25, 0.3) is 12.4 Å². The molecule has 29 nitrogen and oxygen atoms in total. The van der Waals surface area contributed by atoms with Gasteiger partial charge in [0.2, 0.25) is 11.8 Å². The fourth-order valence-electron chi connectivity index (χ4n) is 9.16. The van der Waals surface area contributed by atoms with Crippen LogP contribution in [0.4, 0.5) is 4.79 Å². The maximum Gasteiger partial charge on any atom is 0.326 e. The van der Waals surface area contributed by atoms with Gasteiger partial charge in [-0.2, -0.15) is 0 Å². The van der Waals surface area contributed by atoms with Crippen LogP contribution in [0, 0.1) is 5.92 Å². The van der Waals surface area contributed by atoms with Crippen molar-refractivity contribution in [3.8, 4) is 17.2 Å². The van der Waals surface area contributed by atoms with E-state index in [1.165, 1.54) is 34.1 Å². The van der Waals surface area contributed by atoms with E-state index in [1.54, 1.807) is 66.7 Å². The number of phenolic OH excluding ortho intramolecular Hbond substituents is 2. The van der Waals surface area contributed by atoms with Crippen LogP contribution in [0.3, 0.4) is 0 Å². The fraction of sp³-hybridized carbons (Fsp3) is 0.410. The Balaban J connectivity index is 1.23. The lowest BCUT2D eigenvalue weighted by molar-refractivity contribution is -0.144. The largest absolute Gasteiger partial charge is 0.508 e. The minimum atomic E-state index is -1.52. The SMILES string of the molecule is O=CO[C@H](CCCCNC(=O)[C@H](Cc1ccccc1)NC(=O)COc1ccc(C[C@H](CC(=O)CNC(=O)CCc2ccc(O)c(CN(CCN(CC(=O)O)Cc3cc(CCC(=O)O)ccc3O)CC(=O)O)c2)C(=O)O)cc1)NC(=O)N[C@@H](CCC(=O)O)C(=O)O. The monoisotopic (exact) mass is 1260 g/mol. The lowest BCUT2D eigenvalue weighted by Gasteiger charge is -2.26. The standard InChI is InChI=1S/C61H75N7O22/c69-37-90-53(66-61(88)65-47(60(86)87)17-22-55(77)78)8-4-5-23-62-58(83)48(29-38-6-2-1-3-7-38)64-52(74)36-89-46-15-9-39(10-16-46)26-42(59(84)85)30-45(70)31-63-51(73)20-13-40-11-18-49(71)43(27-40)32-67(34-56(79)80)24-25-68(35-57(81)82)33-44-28-41(12-19-50(44)72)14-21-54(75)76/h1-3,6-7,9-12,15-16,18-19,27-28,37,42,47-48,53,71-72H,4-5,8,13-14,17,20-26,29-36H2,(H,62,83)(H,63,73)(H,64,74)(H,75,76)(H,77,78)(H,79,80)(H,81,82)(H,84,85)(H,86,87)(H2,65,66,88)/t42-,47+,48+,53-/m1/s1. The average molecular weight is 1260 g/mol. The number of nitrogens with one attached hydrogen (secondary N) is 5. The van der Waals surface area contributed by atoms with Crippen molar-refractivity contribution in [2.75, 3.05) is 45.9 Å². The summed E-state index contributed by atoms with van der Waals surface area (Å²) in [5, 5.41) is 90.1. The minimum Gasteiger partial charge on any atom is -0.508 e. The van der Waals surface area contributed by atoms with Gasteiger partial charge in [0, 0.05) is 82.4 Å². The Morgan fingerprint density at radius 2 is 1.11 bits per heavy atom. The van der Waals surface area contributed by atoms with Gasteiger partial charge in [-0.3, -0.25) is 57.7 Å². The van der Waals surface area contributed by atoms with Gasteiger partial charge in [-0.25, -0.2) is 9.59 Å². The number of amides is 5. The van der Waals surface area contributed by atoms with Crippen LogP contribution in [0.1, 0.15) is 84.7 Å². The van der Waals surface area contributed by atoms with Gasteiger partial charge in [-0.15, -0.1) is 0 Å². The normalized spacial score (nSPS) is 12.3. The molecule has 29 heteroatoms. The number of benzene rings is 4. The Morgan fingerprint density at radius 1 is 0.544 bits per heavy atom. The molecule has 0 bridgehead atoms. The summed E-state index contributed by atoms with van der Waals surface area (Å²) >= 11 is 0. The van der Waals surface area contributed by atoms with Crippen molar-refractivity contribution in [1.29, 1.82) is 0 Å². The predicted molar refractivity (Wildman–Crippen MR) is 316 cm³/mol. The number of hydrogen-bond donors (Lipinski definition) is 13. The molecule has 90 heavy (non-hydrogen) atoms. The highest BCUT2D eigenvalue weighted by molar-refractivity contribution is 5.89. The van der Waals surface area contributed by atoms with Crippen molar-refractivity contribution >= 4 is 71.8 Å². The number of hydrogen-bond acceptors (Lipinski definition) is 18. The van der Waals surface area contributed by atoms with Crippen molar-refractivity contribution < 1.29 is 108 Å². The number of phenols is 2. The molecule has 4 aromatic carbocycles. The second-order valence-corrected chi connectivity index (χ2v) is 21.0. The van der Waals surface area contributed by atoms with Crippen LogP contribution >= 0.6 is 0 Å². The third-order valence-electron chi connectivity index (χ3n) is 13.8. The van der Waals surface area contributed by atoms with Crippen LogP contribution in [0.15, 0.2) is 91.0 Å². The molecular formula is C61H75N7O22. The Morgan fingerprint density at radius 3 is 1.66 bits per heavy atom. The first-order chi connectivity index (χ1) is 42.8. The number of ether oxygens (including phenoxy) is 2. The first-order valence-electron chi connectivity index (χ1n) is 28.5. The highest BCUT2D eigenvalue weighted by atomic mass is 16.5. The lowest BCUT2D eigenvalue weighted by Crippen LogP contribution is -2.50. The van der Waals surface area contributed by atoms with Crippen LogP contribution in [0.25, 0.3) is 0 Å². The Hall–Kier alpha value is -10.2. The first-order valence-corrected chi connectivity index (χ1v) is 28.5. The maximum atomic E-state index is 13.4. The number of aryl methyl sites for hydroxylation is 2. The van der Waals surface area contributed by atoms with Gasteiger partial charge in [-0.1, -0.05) is 66.7 Å². The number of aliphatic carboxylic acids is 6. The van der Waals surface area contributed by atoms with E-state index < -0.39 is 135 Å². The molecular weight excluding hydrogens is 1180 g/mol. The van der Waals surface area contributed by atoms with Crippen LogP contribution in [0.5, 0.6) is 17.2 Å². The zero-order valence-corrected chi connectivity index (χ0v) is 49.1. The molecule has 0 aliphatic carbocycles. The fourth-order valence-corrected chi connectivity index (χ4v) is 9.16. The molecule has 4 aromatic rings. The number of unbranched alkanes of at least 4 members (excludes halogenated alkanes) is 1. The quantitative estimate of drug-likeness (QED) is 0.0171. The summed E-state index contributed by atoms with van der Waals surface area (Å²) in [6, 6.07) is 20.4. The molecule has 4 rings (SSSR count). The molecule has 0 aromatic heterocycles. The Labute approximate surface area is 516 Å². The summed E-state index contributed by atoms with van der Waals surface area (Å²) < 4.78 is 10.5. The van der Waals surface area contributed by atoms with Crippen molar-refractivity contribution in [2.24, 2.45) is 5.92 Å². The number of rotatable bonds is 44. The number of urea groups is 1. The molecule has 13 N–H and O–H groups in total. The Bertz CT molecular complexity index is 3110. The van der Waals surface area contributed by atoms with E-state index in [-0.39, 0.29) is 108 Å². The minimum absolute atomic E-state index is 0.00521. The van der Waals surface area contributed by atoms with Gasteiger partial charge in [0.05, 0.1) is 25.6 Å². The zero-order chi connectivity index (χ0) is 66.1. The molecule has 0 aliphatic rings. The number of carboxylic acids is 6. The number of carbonyl (C=O) groups excluding carboxylic acids is 6. The number of carboxylic acid groups (broad SMARTS) is 6. The van der Waals surface area contributed by atoms with Crippen molar-refractivity contribution in [1.82, 2.24) is 36.4 Å². The summed E-state index contributed by atoms with van der Waals surface area (Å²) in [6.07, 6.45) is -1.81. The number of ketones is 1. The molecule has 0 unspecified atom stereocenters. The molecule has 4 atom stereocenters. The molecule has 0 fully saturated rings. The van der Waals surface area contributed by atoms with E-state index in [4.69, 9.17) is 19.7 Å². The molecule has 0 radical (unpaired) electrons. The third-order valence-corrected chi connectivity index (χ3v) is 13.8. The zero-order valence-electron chi connectivity index (χ0n) is 49.1. The number of aromatic hydroxyl groups is 2. The number of nitrogens with zero attached hydrogens (tertiary/aromatic N) is 2. The van der Waals surface area contributed by atoms with Gasteiger partial charge in [0.1, 0.15) is 29.3 Å². The van der Waals surface area contributed by atoms with E-state index in [0.717, 1.165) is 5.56 Å². The summed E-state index contributed by atoms with van der Waals surface area (Å²) in [5.74, 6) is -10.9.